The molecule has 5 atom stereocenters. The molecule has 292 valence electrons. The lowest BCUT2D eigenvalue weighted by Gasteiger charge is -2.30. The number of benzene rings is 2. The number of nitrogens with one attached hydrogen (secondary N) is 3. The molecule has 0 radical (unpaired) electrons. The second-order valence-corrected chi connectivity index (χ2v) is 17.4. The Morgan fingerprint density at radius 1 is 1.05 bits per heavy atom. The third-order valence-electron chi connectivity index (χ3n) is 11.2. The fourth-order valence-corrected chi connectivity index (χ4v) is 8.65. The number of nitrogens with zero attached hydrogens (tertiary/aromatic N) is 3. The van der Waals surface area contributed by atoms with E-state index >= 15 is 0 Å². The topological polar surface area (TPSA) is 177 Å². The largest absolute Gasteiger partial charge is 0.471 e. The molecule has 1 saturated heterocycles. The molecule has 2 saturated carbocycles. The Kier molecular flexibility index (Phi) is 10.4. The standard InChI is InChI=1S/C39H44F2N6O7S/c1-3-28-35(44-32-27(41)11-9-13-29(32)42-28)54-26-20-31-34(49)45-39(37(51)46-55(52,53)38(2)18-19-38)21-24(39)10-7-5-4-6-8-12-30(36(50)47(31)22-26)43-33(48)23-14-16-25(40)17-15-23/h7,9-11,13-17,24,26,30-31H,3-6,8,12,18-22H2,1-2H3,(H,43,48)(H,45,49)(H,46,51)/t24-,26-,30+,31+,39-/m1/s1. The maximum atomic E-state index is 14.8. The van der Waals surface area contributed by atoms with Gasteiger partial charge in [-0.2, -0.15) is 0 Å². The highest BCUT2D eigenvalue weighted by molar-refractivity contribution is 7.91. The molecule has 55 heavy (non-hydrogen) atoms. The monoisotopic (exact) mass is 778 g/mol. The first-order valence-corrected chi connectivity index (χ1v) is 20.3. The molecule has 3 heterocycles. The van der Waals surface area contributed by atoms with E-state index in [1.165, 1.54) is 29.2 Å². The van der Waals surface area contributed by atoms with Crippen LogP contribution in [0.5, 0.6) is 5.88 Å². The van der Waals surface area contributed by atoms with Gasteiger partial charge in [0.25, 0.3) is 11.8 Å². The van der Waals surface area contributed by atoms with Crippen molar-refractivity contribution in [2.45, 2.75) is 107 Å². The minimum Gasteiger partial charge on any atom is -0.471 e. The van der Waals surface area contributed by atoms with Crippen LogP contribution < -0.4 is 20.1 Å². The number of ether oxygens (including phenoxy) is 1. The zero-order chi connectivity index (χ0) is 39.1. The molecule has 3 aromatic rings. The van der Waals surface area contributed by atoms with Crippen LogP contribution >= 0.6 is 0 Å². The lowest BCUT2D eigenvalue weighted by atomic mass is 10.0. The van der Waals surface area contributed by atoms with Crippen molar-refractivity contribution in [3.63, 3.8) is 0 Å². The number of fused-ring (bicyclic) bond motifs is 3. The average molecular weight is 779 g/mol. The van der Waals surface area contributed by atoms with Gasteiger partial charge in [-0.15, -0.1) is 0 Å². The lowest BCUT2D eigenvalue weighted by Crippen LogP contribution is -2.58. The SMILES string of the molecule is CCc1nc2cccc(F)c2nc1O[C@@H]1C[C@H]2C(=O)N[C@]3(C(=O)NS(=O)(=O)C4(C)CC4)C[C@H]3C=CCCCCC[C@H](NC(=O)c3ccc(F)cc3)C(=O)N2C1. The van der Waals surface area contributed by atoms with Crippen molar-refractivity contribution in [2.24, 2.45) is 5.92 Å². The molecule has 4 aliphatic rings. The van der Waals surface area contributed by atoms with Crippen molar-refractivity contribution in [1.82, 2.24) is 30.2 Å². The van der Waals surface area contributed by atoms with Crippen LogP contribution in [-0.4, -0.2) is 81.9 Å². The van der Waals surface area contributed by atoms with Gasteiger partial charge in [0.1, 0.15) is 40.8 Å². The minimum absolute atomic E-state index is 0.00396. The molecule has 2 aliphatic carbocycles. The van der Waals surface area contributed by atoms with Gasteiger partial charge >= 0.3 is 0 Å². The van der Waals surface area contributed by atoms with E-state index in [1.807, 2.05) is 19.1 Å². The third-order valence-corrected chi connectivity index (χ3v) is 13.3. The van der Waals surface area contributed by atoms with Gasteiger partial charge in [-0.1, -0.05) is 38.0 Å². The van der Waals surface area contributed by atoms with Crippen molar-refractivity contribution in [3.05, 3.63) is 77.5 Å². The number of allylic oxidation sites excluding steroid dienone is 1. The van der Waals surface area contributed by atoms with Gasteiger partial charge in [0.15, 0.2) is 5.82 Å². The molecular formula is C39H44F2N6O7S. The summed E-state index contributed by atoms with van der Waals surface area (Å²) >= 11 is 0. The normalized spacial score (nSPS) is 26.5. The van der Waals surface area contributed by atoms with E-state index in [-0.39, 0.29) is 42.8 Å². The van der Waals surface area contributed by atoms with Crippen LogP contribution in [0.4, 0.5) is 8.78 Å². The number of carbonyl (C=O) groups is 4. The number of amides is 4. The van der Waals surface area contributed by atoms with Gasteiger partial charge in [0.05, 0.1) is 16.8 Å². The van der Waals surface area contributed by atoms with Crippen molar-refractivity contribution < 1.29 is 41.1 Å². The molecule has 3 N–H and O–H groups in total. The Morgan fingerprint density at radius 3 is 2.55 bits per heavy atom. The Bertz CT molecular complexity index is 2160. The molecule has 1 aromatic heterocycles. The number of hydrogen-bond acceptors (Lipinski definition) is 9. The van der Waals surface area contributed by atoms with Crippen LogP contribution in [0.1, 0.15) is 87.7 Å². The number of para-hydroxylation sites is 1. The molecule has 4 amide bonds. The summed E-state index contributed by atoms with van der Waals surface area (Å²) in [4.78, 5) is 66.4. The second kappa shape index (κ2) is 14.9. The Balaban J connectivity index is 1.21. The summed E-state index contributed by atoms with van der Waals surface area (Å²) in [6.07, 6.45) is 7.08. The lowest BCUT2D eigenvalue weighted by molar-refractivity contribution is -0.141. The van der Waals surface area contributed by atoms with Gasteiger partial charge in [-0.05, 0) is 88.3 Å². The van der Waals surface area contributed by atoms with E-state index in [4.69, 9.17) is 4.74 Å². The fraction of sp³-hybridized carbons (Fsp3) is 0.487. The summed E-state index contributed by atoms with van der Waals surface area (Å²) < 4.78 is 62.2. The van der Waals surface area contributed by atoms with E-state index in [0.717, 1.165) is 18.6 Å². The molecule has 0 bridgehead atoms. The van der Waals surface area contributed by atoms with Crippen LogP contribution in [0.15, 0.2) is 54.6 Å². The van der Waals surface area contributed by atoms with Crippen LogP contribution in [-0.2, 0) is 30.8 Å². The number of aromatic nitrogens is 2. The van der Waals surface area contributed by atoms with Gasteiger partial charge in [-0.3, -0.25) is 23.9 Å². The van der Waals surface area contributed by atoms with Crippen LogP contribution in [0.2, 0.25) is 0 Å². The number of rotatable bonds is 8. The van der Waals surface area contributed by atoms with Crippen LogP contribution in [0, 0.1) is 17.6 Å². The van der Waals surface area contributed by atoms with Crippen LogP contribution in [0.25, 0.3) is 11.0 Å². The third kappa shape index (κ3) is 7.78. The molecule has 2 aliphatic heterocycles. The molecule has 16 heteroatoms. The van der Waals surface area contributed by atoms with E-state index in [2.05, 4.69) is 25.3 Å². The second-order valence-electron chi connectivity index (χ2n) is 15.2. The summed E-state index contributed by atoms with van der Waals surface area (Å²) in [5.74, 6) is -4.29. The summed E-state index contributed by atoms with van der Waals surface area (Å²) in [6, 6.07) is 7.02. The zero-order valence-electron chi connectivity index (χ0n) is 30.6. The zero-order valence-corrected chi connectivity index (χ0v) is 31.5. The summed E-state index contributed by atoms with van der Waals surface area (Å²) in [5, 5.41) is 5.62. The van der Waals surface area contributed by atoms with E-state index in [9.17, 15) is 36.4 Å². The Labute approximate surface area is 317 Å². The van der Waals surface area contributed by atoms with Crippen molar-refractivity contribution in [1.29, 1.82) is 0 Å². The fourth-order valence-electron chi connectivity index (χ4n) is 7.34. The first kappa shape index (κ1) is 38.3. The number of carbonyl (C=O) groups excluding carboxylic acids is 4. The molecular weight excluding hydrogens is 735 g/mol. The summed E-state index contributed by atoms with van der Waals surface area (Å²) in [5.41, 5.74) is -0.657. The number of halogens is 2. The number of sulfonamides is 1. The van der Waals surface area contributed by atoms with E-state index < -0.39 is 79.7 Å². The van der Waals surface area contributed by atoms with Crippen molar-refractivity contribution in [2.75, 3.05) is 6.54 Å². The van der Waals surface area contributed by atoms with Gasteiger partial charge in [-0.25, -0.2) is 27.2 Å². The van der Waals surface area contributed by atoms with Crippen molar-refractivity contribution in [3.8, 4) is 5.88 Å². The first-order chi connectivity index (χ1) is 26.2. The van der Waals surface area contributed by atoms with Gasteiger partial charge in [0.2, 0.25) is 27.7 Å². The quantitative estimate of drug-likeness (QED) is 0.285. The maximum absolute atomic E-state index is 14.8. The molecule has 0 spiro atoms. The molecule has 3 fully saturated rings. The number of hydrogen-bond donors (Lipinski definition) is 3. The Morgan fingerprint density at radius 2 is 1.82 bits per heavy atom. The highest BCUT2D eigenvalue weighted by Crippen LogP contribution is 2.47. The van der Waals surface area contributed by atoms with Gasteiger partial charge < -0.3 is 20.3 Å². The first-order valence-electron chi connectivity index (χ1n) is 18.8. The highest BCUT2D eigenvalue weighted by Gasteiger charge is 2.63. The van der Waals surface area contributed by atoms with Crippen LogP contribution in [0.3, 0.4) is 0 Å². The Hall–Kier alpha value is -4.99. The molecule has 7 rings (SSSR count). The van der Waals surface area contributed by atoms with E-state index in [0.29, 0.717) is 49.7 Å². The predicted octanol–water partition coefficient (Wildman–Crippen LogP) is 4.01. The summed E-state index contributed by atoms with van der Waals surface area (Å²) in [7, 11) is -4.03. The maximum Gasteiger partial charge on any atom is 0.259 e. The van der Waals surface area contributed by atoms with Crippen molar-refractivity contribution >= 4 is 44.7 Å². The molecule has 2 aromatic carbocycles. The molecule has 0 unspecified atom stereocenters. The predicted molar refractivity (Wildman–Crippen MR) is 197 cm³/mol. The minimum atomic E-state index is -4.03. The average Bonchev–Trinajstić information content (AvgIpc) is 4.04. The van der Waals surface area contributed by atoms with E-state index in [1.54, 1.807) is 13.0 Å². The highest BCUT2D eigenvalue weighted by atomic mass is 32.2. The number of aryl methyl sites for hydroxylation is 1. The van der Waals surface area contributed by atoms with Gasteiger partial charge in [0, 0.05) is 17.9 Å². The smallest absolute Gasteiger partial charge is 0.259 e. The summed E-state index contributed by atoms with van der Waals surface area (Å²) in [6.45, 7) is 3.27. The molecule has 13 nitrogen and oxygen atoms in total.